The van der Waals surface area contributed by atoms with Crippen LogP contribution in [-0.2, 0) is 26.0 Å². The number of aromatic amines is 1. The third kappa shape index (κ3) is 3.77. The van der Waals surface area contributed by atoms with Crippen LogP contribution in [0.2, 0.25) is 0 Å². The molecule has 0 aliphatic carbocycles. The van der Waals surface area contributed by atoms with Crippen molar-refractivity contribution in [3.05, 3.63) is 12.0 Å². The molecule has 0 fully saturated rings. The summed E-state index contributed by atoms with van der Waals surface area (Å²) >= 11 is 0. The van der Waals surface area contributed by atoms with Crippen LogP contribution in [-0.4, -0.2) is 48.9 Å². The van der Waals surface area contributed by atoms with Crippen molar-refractivity contribution in [1.82, 2.24) is 14.3 Å². The zero-order chi connectivity index (χ0) is 14.5. The highest BCUT2D eigenvalue weighted by Crippen LogP contribution is 2.14. The van der Waals surface area contributed by atoms with Crippen LogP contribution in [0.4, 0.5) is 0 Å². The van der Waals surface area contributed by atoms with Crippen molar-refractivity contribution in [3.8, 4) is 0 Å². The number of H-pyrrole nitrogens is 1. The van der Waals surface area contributed by atoms with Crippen LogP contribution in [0.25, 0.3) is 0 Å². The molecule has 0 aliphatic rings. The van der Waals surface area contributed by atoms with Gasteiger partial charge in [-0.15, -0.1) is 0 Å². The molecule has 0 spiro atoms. The quantitative estimate of drug-likeness (QED) is 0.740. The second-order valence-electron chi connectivity index (χ2n) is 3.96. The number of imidazole rings is 1. The summed E-state index contributed by atoms with van der Waals surface area (Å²) < 4.78 is 30.3. The van der Waals surface area contributed by atoms with Crippen molar-refractivity contribution < 1.29 is 17.9 Å². The number of methoxy groups -OCH3 is 1. The van der Waals surface area contributed by atoms with Crippen molar-refractivity contribution in [3.63, 3.8) is 0 Å². The number of aromatic nitrogens is 2. The molecular formula is C11H19N3O4S. The van der Waals surface area contributed by atoms with E-state index in [4.69, 9.17) is 0 Å². The van der Waals surface area contributed by atoms with Gasteiger partial charge in [0.15, 0.2) is 5.03 Å². The monoisotopic (exact) mass is 289 g/mol. The van der Waals surface area contributed by atoms with Gasteiger partial charge in [0.2, 0.25) is 0 Å². The van der Waals surface area contributed by atoms with Gasteiger partial charge in [-0.2, -0.15) is 4.31 Å². The zero-order valence-corrected chi connectivity index (χ0v) is 12.2. The van der Waals surface area contributed by atoms with Crippen molar-refractivity contribution in [2.45, 2.75) is 31.7 Å². The number of hydrogen-bond acceptors (Lipinski definition) is 5. The second-order valence-corrected chi connectivity index (χ2v) is 5.87. The topological polar surface area (TPSA) is 92.4 Å². The van der Waals surface area contributed by atoms with Crippen LogP contribution < -0.4 is 0 Å². The summed E-state index contributed by atoms with van der Waals surface area (Å²) in [6.07, 6.45) is 2.49. The number of nitrogens with one attached hydrogen (secondary N) is 1. The third-order valence-corrected chi connectivity index (χ3v) is 4.32. The van der Waals surface area contributed by atoms with Crippen molar-refractivity contribution >= 4 is 16.0 Å². The average molecular weight is 289 g/mol. The smallest absolute Gasteiger partial charge is 0.321 e. The third-order valence-electron chi connectivity index (χ3n) is 2.56. The molecule has 0 unspecified atom stereocenters. The molecule has 1 rings (SSSR count). The molecule has 1 N–H and O–H groups in total. The first kappa shape index (κ1) is 15.6. The fourth-order valence-electron chi connectivity index (χ4n) is 1.54. The van der Waals surface area contributed by atoms with E-state index in [2.05, 4.69) is 14.7 Å². The molecule has 1 aromatic rings. The minimum Gasteiger partial charge on any atom is -0.468 e. The van der Waals surface area contributed by atoms with Crippen LogP contribution in [0.15, 0.2) is 11.2 Å². The summed E-state index contributed by atoms with van der Waals surface area (Å²) in [6.45, 7) is 3.66. The molecule has 0 amide bonds. The summed E-state index contributed by atoms with van der Waals surface area (Å²) in [4.78, 5) is 18.0. The van der Waals surface area contributed by atoms with Gasteiger partial charge in [0.1, 0.15) is 12.4 Å². The molecule has 0 saturated heterocycles. The lowest BCUT2D eigenvalue weighted by atomic mass is 10.5. The number of nitrogens with zero attached hydrogens (tertiary/aromatic N) is 2. The Morgan fingerprint density at radius 3 is 2.63 bits per heavy atom. The standard InChI is InChI=1S/C11H19N3O4S/c1-4-6-14(8-11(15)18-3)19(16,17)10-7-12-9(5-2)13-10/h7H,4-6,8H2,1-3H3,(H,12,13). The minimum atomic E-state index is -3.74. The van der Waals surface area contributed by atoms with Crippen LogP contribution in [0.3, 0.4) is 0 Å². The SMILES string of the molecule is CCCN(CC(=O)OC)S(=O)(=O)c1cnc(CC)[nH]1. The Morgan fingerprint density at radius 1 is 1.47 bits per heavy atom. The molecule has 0 radical (unpaired) electrons. The number of carbonyl (C=O) groups is 1. The van der Waals surface area contributed by atoms with Gasteiger partial charge in [-0.3, -0.25) is 4.79 Å². The number of carbonyl (C=O) groups excluding carboxylic acids is 1. The molecule has 7 nitrogen and oxygen atoms in total. The number of aryl methyl sites for hydroxylation is 1. The van der Waals surface area contributed by atoms with Crippen LogP contribution in [0.5, 0.6) is 0 Å². The van der Waals surface area contributed by atoms with Crippen molar-refractivity contribution in [2.75, 3.05) is 20.2 Å². The summed E-state index contributed by atoms with van der Waals surface area (Å²) in [5.74, 6) is 0.000321. The van der Waals surface area contributed by atoms with Crippen LogP contribution >= 0.6 is 0 Å². The molecule has 108 valence electrons. The highest BCUT2D eigenvalue weighted by atomic mass is 32.2. The lowest BCUT2D eigenvalue weighted by Crippen LogP contribution is -2.37. The van der Waals surface area contributed by atoms with E-state index in [1.807, 2.05) is 13.8 Å². The molecule has 0 saturated carbocycles. The van der Waals surface area contributed by atoms with E-state index >= 15 is 0 Å². The Labute approximate surface area is 113 Å². The highest BCUT2D eigenvalue weighted by Gasteiger charge is 2.27. The molecule has 1 heterocycles. The lowest BCUT2D eigenvalue weighted by molar-refractivity contribution is -0.140. The normalized spacial score (nSPS) is 11.8. The summed E-state index contributed by atoms with van der Waals surface area (Å²) in [6, 6.07) is 0. The van der Waals surface area contributed by atoms with E-state index in [0.717, 1.165) is 4.31 Å². The fraction of sp³-hybridized carbons (Fsp3) is 0.636. The van der Waals surface area contributed by atoms with Gasteiger partial charge in [0, 0.05) is 13.0 Å². The van der Waals surface area contributed by atoms with Gasteiger partial charge in [-0.05, 0) is 6.42 Å². The maximum Gasteiger partial charge on any atom is 0.321 e. The maximum absolute atomic E-state index is 12.3. The van der Waals surface area contributed by atoms with E-state index in [9.17, 15) is 13.2 Å². The summed E-state index contributed by atoms with van der Waals surface area (Å²) in [7, 11) is -2.52. The largest absolute Gasteiger partial charge is 0.468 e. The first-order valence-corrected chi connectivity index (χ1v) is 7.50. The maximum atomic E-state index is 12.3. The predicted molar refractivity (Wildman–Crippen MR) is 69.0 cm³/mol. The number of rotatable bonds is 7. The Balaban J connectivity index is 3.01. The van der Waals surface area contributed by atoms with Crippen molar-refractivity contribution in [2.24, 2.45) is 0 Å². The van der Waals surface area contributed by atoms with Gasteiger partial charge in [0.05, 0.1) is 13.3 Å². The van der Waals surface area contributed by atoms with Gasteiger partial charge in [-0.1, -0.05) is 13.8 Å². The molecular weight excluding hydrogens is 270 g/mol. The Kier molecular flexibility index (Phi) is 5.49. The van der Waals surface area contributed by atoms with E-state index in [1.54, 1.807) is 0 Å². The van der Waals surface area contributed by atoms with E-state index in [0.29, 0.717) is 18.7 Å². The molecule has 1 aromatic heterocycles. The van der Waals surface area contributed by atoms with Crippen LogP contribution in [0, 0.1) is 0 Å². The van der Waals surface area contributed by atoms with E-state index in [1.165, 1.54) is 13.3 Å². The highest BCUT2D eigenvalue weighted by molar-refractivity contribution is 7.89. The zero-order valence-electron chi connectivity index (χ0n) is 11.3. The van der Waals surface area contributed by atoms with E-state index < -0.39 is 16.0 Å². The minimum absolute atomic E-state index is 0.00158. The molecule has 0 atom stereocenters. The number of hydrogen-bond donors (Lipinski definition) is 1. The Morgan fingerprint density at radius 2 is 2.16 bits per heavy atom. The molecule has 0 bridgehead atoms. The van der Waals surface area contributed by atoms with Gasteiger partial charge < -0.3 is 9.72 Å². The number of ether oxygens (including phenoxy) is 1. The molecule has 19 heavy (non-hydrogen) atoms. The number of esters is 1. The molecule has 8 heteroatoms. The van der Waals surface area contributed by atoms with Gasteiger partial charge in [-0.25, -0.2) is 13.4 Å². The van der Waals surface area contributed by atoms with Gasteiger partial charge in [0.25, 0.3) is 10.0 Å². The molecule has 0 aromatic carbocycles. The fourth-order valence-corrected chi connectivity index (χ4v) is 2.94. The van der Waals surface area contributed by atoms with E-state index in [-0.39, 0.29) is 18.1 Å². The Bertz CT molecular complexity index is 524. The van der Waals surface area contributed by atoms with Gasteiger partial charge >= 0.3 is 5.97 Å². The average Bonchev–Trinajstić information content (AvgIpc) is 2.87. The lowest BCUT2D eigenvalue weighted by Gasteiger charge is -2.19. The Hall–Kier alpha value is -1.41. The predicted octanol–water partition coefficient (Wildman–Crippen LogP) is 0.546. The second kappa shape index (κ2) is 6.67. The summed E-state index contributed by atoms with van der Waals surface area (Å²) in [5, 5.41) is 0.00158. The van der Waals surface area contributed by atoms with Crippen molar-refractivity contribution in [1.29, 1.82) is 0 Å². The number of sulfonamides is 1. The molecule has 0 aliphatic heterocycles. The van der Waals surface area contributed by atoms with Crippen LogP contribution in [0.1, 0.15) is 26.1 Å². The summed E-state index contributed by atoms with van der Waals surface area (Å²) in [5.41, 5.74) is 0. The first-order chi connectivity index (χ1) is 8.95. The first-order valence-electron chi connectivity index (χ1n) is 6.06.